The van der Waals surface area contributed by atoms with Crippen LogP contribution in [0.25, 0.3) is 0 Å². The van der Waals surface area contributed by atoms with E-state index in [0.717, 1.165) is 24.9 Å². The van der Waals surface area contributed by atoms with Crippen molar-refractivity contribution < 1.29 is 4.52 Å². The molecule has 1 heterocycles. The van der Waals surface area contributed by atoms with Crippen molar-refractivity contribution >= 4 is 23.2 Å². The highest BCUT2D eigenvalue weighted by Crippen LogP contribution is 2.26. The number of halogens is 2. The summed E-state index contributed by atoms with van der Waals surface area (Å²) in [6, 6.07) is 5.87. The minimum absolute atomic E-state index is 0.434. The van der Waals surface area contributed by atoms with Gasteiger partial charge in [-0.2, -0.15) is 4.98 Å². The zero-order valence-corrected chi connectivity index (χ0v) is 13.7. The SMILES string of the molecule is CCNC(C)CCc1nc(Cc2c(Cl)cccc2Cl)no1. The number of hydrogen-bond donors (Lipinski definition) is 1. The fraction of sp³-hybridized carbons (Fsp3) is 0.467. The van der Waals surface area contributed by atoms with Crippen LogP contribution in [0.4, 0.5) is 0 Å². The fourth-order valence-electron chi connectivity index (χ4n) is 2.11. The van der Waals surface area contributed by atoms with Crippen LogP contribution in [0, 0.1) is 0 Å². The summed E-state index contributed by atoms with van der Waals surface area (Å²) in [4.78, 5) is 4.40. The summed E-state index contributed by atoms with van der Waals surface area (Å²) >= 11 is 12.3. The molecular formula is C15H19Cl2N3O. The zero-order chi connectivity index (χ0) is 15.2. The molecule has 0 aliphatic carbocycles. The lowest BCUT2D eigenvalue weighted by atomic mass is 10.1. The predicted molar refractivity (Wildman–Crippen MR) is 85.0 cm³/mol. The Kier molecular flexibility index (Phi) is 6.03. The van der Waals surface area contributed by atoms with Gasteiger partial charge in [0.1, 0.15) is 0 Å². The molecular weight excluding hydrogens is 309 g/mol. The maximum Gasteiger partial charge on any atom is 0.226 e. The lowest BCUT2D eigenvalue weighted by molar-refractivity contribution is 0.363. The number of nitrogens with zero attached hydrogens (tertiary/aromatic N) is 2. The molecule has 0 radical (unpaired) electrons. The minimum Gasteiger partial charge on any atom is -0.339 e. The zero-order valence-electron chi connectivity index (χ0n) is 12.2. The molecule has 1 aromatic heterocycles. The molecule has 0 spiro atoms. The first kappa shape index (κ1) is 16.3. The molecule has 1 N–H and O–H groups in total. The van der Waals surface area contributed by atoms with Gasteiger partial charge < -0.3 is 9.84 Å². The van der Waals surface area contributed by atoms with E-state index in [1.807, 2.05) is 18.2 Å². The number of hydrogen-bond acceptors (Lipinski definition) is 4. The molecule has 1 unspecified atom stereocenters. The molecule has 2 aromatic rings. The quantitative estimate of drug-likeness (QED) is 0.837. The van der Waals surface area contributed by atoms with E-state index in [-0.39, 0.29) is 0 Å². The summed E-state index contributed by atoms with van der Waals surface area (Å²) in [5.74, 6) is 1.26. The van der Waals surface area contributed by atoms with Crippen LogP contribution < -0.4 is 5.32 Å². The molecule has 0 aliphatic heterocycles. The van der Waals surface area contributed by atoms with E-state index >= 15 is 0 Å². The number of benzene rings is 1. The molecule has 1 atom stereocenters. The Balaban J connectivity index is 1.97. The third kappa shape index (κ3) is 4.70. The third-order valence-electron chi connectivity index (χ3n) is 3.25. The largest absolute Gasteiger partial charge is 0.339 e. The summed E-state index contributed by atoms with van der Waals surface area (Å²) in [5.41, 5.74) is 0.828. The second-order valence-electron chi connectivity index (χ2n) is 4.98. The lowest BCUT2D eigenvalue weighted by Crippen LogP contribution is -2.25. The molecule has 4 nitrogen and oxygen atoms in total. The van der Waals surface area contributed by atoms with Gasteiger partial charge in [-0.3, -0.25) is 0 Å². The van der Waals surface area contributed by atoms with Gasteiger partial charge in [-0.15, -0.1) is 0 Å². The summed E-state index contributed by atoms with van der Waals surface area (Å²) in [7, 11) is 0. The van der Waals surface area contributed by atoms with Crippen molar-refractivity contribution in [2.24, 2.45) is 0 Å². The van der Waals surface area contributed by atoms with Crippen LogP contribution in [0.1, 0.15) is 37.5 Å². The van der Waals surface area contributed by atoms with Crippen LogP contribution in [0.15, 0.2) is 22.7 Å². The number of nitrogens with one attached hydrogen (secondary N) is 1. The second-order valence-corrected chi connectivity index (χ2v) is 5.79. The van der Waals surface area contributed by atoms with E-state index in [2.05, 4.69) is 29.3 Å². The van der Waals surface area contributed by atoms with E-state index in [1.165, 1.54) is 0 Å². The van der Waals surface area contributed by atoms with E-state index < -0.39 is 0 Å². The van der Waals surface area contributed by atoms with Crippen LogP contribution in [0.5, 0.6) is 0 Å². The molecule has 0 fully saturated rings. The van der Waals surface area contributed by atoms with E-state index in [9.17, 15) is 0 Å². The highest BCUT2D eigenvalue weighted by molar-refractivity contribution is 6.36. The number of aryl methyl sites for hydroxylation is 1. The monoisotopic (exact) mass is 327 g/mol. The first-order valence-electron chi connectivity index (χ1n) is 7.08. The molecule has 0 bridgehead atoms. The minimum atomic E-state index is 0.434. The van der Waals surface area contributed by atoms with Crippen LogP contribution in [-0.4, -0.2) is 22.7 Å². The highest BCUT2D eigenvalue weighted by atomic mass is 35.5. The molecule has 6 heteroatoms. The smallest absolute Gasteiger partial charge is 0.226 e. The van der Waals surface area contributed by atoms with Crippen molar-refractivity contribution in [2.45, 2.75) is 39.2 Å². The molecule has 2 rings (SSSR count). The van der Waals surface area contributed by atoms with Gasteiger partial charge in [-0.05, 0) is 37.6 Å². The third-order valence-corrected chi connectivity index (χ3v) is 3.96. The van der Waals surface area contributed by atoms with Gasteiger partial charge in [0.25, 0.3) is 0 Å². The van der Waals surface area contributed by atoms with E-state index in [1.54, 1.807) is 0 Å². The molecule has 114 valence electrons. The molecule has 0 amide bonds. The van der Waals surface area contributed by atoms with Gasteiger partial charge in [-0.1, -0.05) is 41.3 Å². The van der Waals surface area contributed by atoms with E-state index in [0.29, 0.717) is 34.2 Å². The summed E-state index contributed by atoms with van der Waals surface area (Å²) in [6.45, 7) is 5.19. The van der Waals surface area contributed by atoms with Crippen molar-refractivity contribution in [3.63, 3.8) is 0 Å². The Morgan fingerprint density at radius 1 is 1.29 bits per heavy atom. The normalized spacial score (nSPS) is 12.6. The maximum atomic E-state index is 6.14. The maximum absolute atomic E-state index is 6.14. The van der Waals surface area contributed by atoms with Gasteiger partial charge in [0.15, 0.2) is 5.82 Å². The highest BCUT2D eigenvalue weighted by Gasteiger charge is 2.12. The van der Waals surface area contributed by atoms with Crippen molar-refractivity contribution in [1.82, 2.24) is 15.5 Å². The first-order valence-corrected chi connectivity index (χ1v) is 7.83. The van der Waals surface area contributed by atoms with E-state index in [4.69, 9.17) is 27.7 Å². The fourth-order valence-corrected chi connectivity index (χ4v) is 2.64. The van der Waals surface area contributed by atoms with Crippen LogP contribution in [0.3, 0.4) is 0 Å². The summed E-state index contributed by atoms with van der Waals surface area (Å²) < 4.78 is 5.27. The standard InChI is InChI=1S/C15H19Cl2N3O/c1-3-18-10(2)7-8-15-19-14(20-21-15)9-11-12(16)5-4-6-13(11)17/h4-6,10,18H,3,7-9H2,1-2H3. The average Bonchev–Trinajstić information content (AvgIpc) is 2.89. The predicted octanol–water partition coefficient (Wildman–Crippen LogP) is 3.90. The van der Waals surface area contributed by atoms with Gasteiger partial charge in [0, 0.05) is 28.9 Å². The summed E-state index contributed by atoms with van der Waals surface area (Å²) in [5, 5.41) is 8.59. The summed E-state index contributed by atoms with van der Waals surface area (Å²) in [6.07, 6.45) is 2.20. The Labute approximate surface area is 134 Å². The Morgan fingerprint density at radius 2 is 2.00 bits per heavy atom. The van der Waals surface area contributed by atoms with Gasteiger partial charge in [0.2, 0.25) is 5.89 Å². The Bertz CT molecular complexity index is 566. The average molecular weight is 328 g/mol. The topological polar surface area (TPSA) is 51.0 Å². The number of rotatable bonds is 7. The molecule has 0 saturated carbocycles. The van der Waals surface area contributed by atoms with Crippen LogP contribution in [-0.2, 0) is 12.8 Å². The van der Waals surface area contributed by atoms with Crippen LogP contribution >= 0.6 is 23.2 Å². The molecule has 0 aliphatic rings. The van der Waals surface area contributed by atoms with Crippen LogP contribution in [0.2, 0.25) is 10.0 Å². The molecule has 21 heavy (non-hydrogen) atoms. The first-order chi connectivity index (χ1) is 10.1. The van der Waals surface area contributed by atoms with Gasteiger partial charge >= 0.3 is 0 Å². The molecule has 0 saturated heterocycles. The van der Waals surface area contributed by atoms with Crippen molar-refractivity contribution in [3.05, 3.63) is 45.5 Å². The lowest BCUT2D eigenvalue weighted by Gasteiger charge is -2.09. The number of aromatic nitrogens is 2. The van der Waals surface area contributed by atoms with Crippen molar-refractivity contribution in [2.75, 3.05) is 6.54 Å². The second kappa shape index (κ2) is 7.78. The van der Waals surface area contributed by atoms with Gasteiger partial charge in [-0.25, -0.2) is 0 Å². The Morgan fingerprint density at radius 3 is 2.67 bits per heavy atom. The van der Waals surface area contributed by atoms with Gasteiger partial charge in [0.05, 0.1) is 0 Å². The van der Waals surface area contributed by atoms with Crippen molar-refractivity contribution in [3.8, 4) is 0 Å². The van der Waals surface area contributed by atoms with Crippen molar-refractivity contribution in [1.29, 1.82) is 0 Å². The Hall–Kier alpha value is -1.10. The molecule has 1 aromatic carbocycles.